The third-order valence-electron chi connectivity index (χ3n) is 1.26. The van der Waals surface area contributed by atoms with Crippen molar-refractivity contribution >= 4 is 12.4 Å². The van der Waals surface area contributed by atoms with E-state index in [0.717, 1.165) is 0 Å². The molecular weight excluding hydrogens is 176 g/mol. The van der Waals surface area contributed by atoms with E-state index in [0.29, 0.717) is 0 Å². The minimum atomic E-state index is 1.69. The van der Waals surface area contributed by atoms with Crippen molar-refractivity contribution in [2.75, 3.05) is 0 Å². The number of hydrazone groups is 2. The Morgan fingerprint density at radius 2 is 1.07 bits per heavy atom. The summed E-state index contributed by atoms with van der Waals surface area (Å²) >= 11 is 0. The molecule has 0 bridgehead atoms. The Kier molecular flexibility index (Phi) is 5.38. The Balaban J connectivity index is 0.000000140. The van der Waals surface area contributed by atoms with Crippen LogP contribution in [0.25, 0.3) is 0 Å². The molecule has 14 heavy (non-hydrogen) atoms. The molecule has 0 aromatic heterocycles. The van der Waals surface area contributed by atoms with E-state index in [4.69, 9.17) is 0 Å². The van der Waals surface area contributed by atoms with Gasteiger partial charge >= 0.3 is 0 Å². The van der Waals surface area contributed by atoms with Crippen molar-refractivity contribution in [2.24, 2.45) is 10.2 Å². The molecule has 72 valence electrons. The van der Waals surface area contributed by atoms with Gasteiger partial charge in [-0.1, -0.05) is 12.2 Å². The fraction of sp³-hybridized carbons (Fsp3) is 0. The minimum absolute atomic E-state index is 1.69. The van der Waals surface area contributed by atoms with Gasteiger partial charge in [0.25, 0.3) is 0 Å². The van der Waals surface area contributed by atoms with E-state index >= 15 is 0 Å². The highest BCUT2D eigenvalue weighted by Gasteiger charge is 1.68. The van der Waals surface area contributed by atoms with Crippen LogP contribution >= 0.6 is 0 Å². The molecule has 0 unspecified atom stereocenters. The van der Waals surface area contributed by atoms with Gasteiger partial charge in [0.2, 0.25) is 0 Å². The molecule has 4 heteroatoms. The summed E-state index contributed by atoms with van der Waals surface area (Å²) in [7, 11) is 0. The maximum absolute atomic E-state index is 3.72. The zero-order valence-electron chi connectivity index (χ0n) is 7.67. The first-order valence-electron chi connectivity index (χ1n) is 4.21. The van der Waals surface area contributed by atoms with E-state index in [1.807, 2.05) is 36.5 Å². The second-order valence-corrected chi connectivity index (χ2v) is 2.30. The molecule has 2 N–H and O–H groups in total. The van der Waals surface area contributed by atoms with Crippen molar-refractivity contribution < 1.29 is 0 Å². The molecule has 0 radical (unpaired) electrons. The molecule has 0 atom stereocenters. The number of hydrogen-bond acceptors (Lipinski definition) is 4. The van der Waals surface area contributed by atoms with Gasteiger partial charge in [0.1, 0.15) is 0 Å². The van der Waals surface area contributed by atoms with Gasteiger partial charge in [0.15, 0.2) is 0 Å². The second kappa shape index (κ2) is 7.54. The summed E-state index contributed by atoms with van der Waals surface area (Å²) in [6.45, 7) is 0. The van der Waals surface area contributed by atoms with Crippen molar-refractivity contribution in [3.8, 4) is 0 Å². The summed E-state index contributed by atoms with van der Waals surface area (Å²) in [4.78, 5) is 0. The first-order chi connectivity index (χ1) is 7.00. The molecule has 0 amide bonds. The molecule has 0 spiro atoms. The maximum atomic E-state index is 3.72. The fourth-order valence-corrected chi connectivity index (χ4v) is 0.683. The average Bonchev–Trinajstić information content (AvgIpc) is 2.68. The van der Waals surface area contributed by atoms with Crippen LogP contribution in [0.3, 0.4) is 0 Å². The predicted octanol–water partition coefficient (Wildman–Crippen LogP) is 1.29. The highest BCUT2D eigenvalue weighted by molar-refractivity contribution is 5.71. The largest absolute Gasteiger partial charge is 0.286 e. The van der Waals surface area contributed by atoms with Crippen LogP contribution in [-0.4, -0.2) is 12.4 Å². The normalized spacial score (nSPS) is 16.0. The average molecular weight is 188 g/mol. The summed E-state index contributed by atoms with van der Waals surface area (Å²) in [6, 6.07) is 0. The van der Waals surface area contributed by atoms with Crippen LogP contribution in [-0.2, 0) is 0 Å². The zero-order chi connectivity index (χ0) is 9.90. The van der Waals surface area contributed by atoms with Gasteiger partial charge in [-0.15, -0.1) is 0 Å². The first-order valence-corrected chi connectivity index (χ1v) is 4.21. The monoisotopic (exact) mass is 188 g/mol. The summed E-state index contributed by atoms with van der Waals surface area (Å²) in [5.74, 6) is 0. The van der Waals surface area contributed by atoms with E-state index in [-0.39, 0.29) is 0 Å². The van der Waals surface area contributed by atoms with Gasteiger partial charge in [-0.3, -0.25) is 10.9 Å². The Bertz CT molecular complexity index is 248. The van der Waals surface area contributed by atoms with Crippen LogP contribution in [0.5, 0.6) is 0 Å². The van der Waals surface area contributed by atoms with Crippen molar-refractivity contribution in [1.29, 1.82) is 0 Å². The molecular formula is C10H12N4. The third-order valence-corrected chi connectivity index (χ3v) is 1.26. The van der Waals surface area contributed by atoms with Gasteiger partial charge in [-0.05, 0) is 24.3 Å². The van der Waals surface area contributed by atoms with Crippen LogP contribution in [0.2, 0.25) is 0 Å². The lowest BCUT2D eigenvalue weighted by Gasteiger charge is -1.78. The summed E-state index contributed by atoms with van der Waals surface area (Å²) in [5.41, 5.74) is 5.35. The summed E-state index contributed by atoms with van der Waals surface area (Å²) < 4.78 is 0. The summed E-state index contributed by atoms with van der Waals surface area (Å²) in [6.07, 6.45) is 18.2. The zero-order valence-corrected chi connectivity index (χ0v) is 7.67. The number of nitrogens with one attached hydrogen (secondary N) is 2. The van der Waals surface area contributed by atoms with E-state index < -0.39 is 0 Å². The van der Waals surface area contributed by atoms with E-state index in [9.17, 15) is 0 Å². The second-order valence-electron chi connectivity index (χ2n) is 2.30. The number of rotatable bonds is 0. The quantitative estimate of drug-likeness (QED) is 0.601. The standard InChI is InChI=1S/2C5H6N2/c2*1-2-4-6-7-5-3-1/h2*1-6H. The molecule has 0 saturated carbocycles. The molecule has 4 nitrogen and oxygen atoms in total. The van der Waals surface area contributed by atoms with Gasteiger partial charge in [0, 0.05) is 24.8 Å². The van der Waals surface area contributed by atoms with Crippen molar-refractivity contribution in [3.63, 3.8) is 0 Å². The van der Waals surface area contributed by atoms with Crippen molar-refractivity contribution in [3.05, 3.63) is 48.9 Å². The Labute approximate surface area is 83.1 Å². The smallest absolute Gasteiger partial charge is 0.0472 e. The SMILES string of the molecule is C1=CC=NNC=C1.C1=CC=NNC=C1. The van der Waals surface area contributed by atoms with Crippen LogP contribution in [0, 0.1) is 0 Å². The Morgan fingerprint density at radius 3 is 1.57 bits per heavy atom. The van der Waals surface area contributed by atoms with Crippen LogP contribution in [0.15, 0.2) is 59.1 Å². The van der Waals surface area contributed by atoms with Gasteiger partial charge in [0.05, 0.1) is 0 Å². The number of nitrogens with zero attached hydrogens (tertiary/aromatic N) is 2. The maximum Gasteiger partial charge on any atom is 0.0472 e. The van der Waals surface area contributed by atoms with Crippen LogP contribution < -0.4 is 10.9 Å². The lowest BCUT2D eigenvalue weighted by atomic mass is 10.5. The van der Waals surface area contributed by atoms with Crippen molar-refractivity contribution in [2.45, 2.75) is 0 Å². The minimum Gasteiger partial charge on any atom is -0.286 e. The lowest BCUT2D eigenvalue weighted by molar-refractivity contribution is 0.980. The van der Waals surface area contributed by atoms with Crippen LogP contribution in [0.4, 0.5) is 0 Å². The van der Waals surface area contributed by atoms with Crippen molar-refractivity contribution in [1.82, 2.24) is 10.9 Å². The number of allylic oxidation sites excluding steroid dienone is 6. The molecule has 0 aromatic carbocycles. The molecule has 0 saturated heterocycles. The molecule has 0 aromatic rings. The fourth-order valence-electron chi connectivity index (χ4n) is 0.683. The van der Waals surface area contributed by atoms with Crippen LogP contribution in [0.1, 0.15) is 0 Å². The third kappa shape index (κ3) is 5.54. The topological polar surface area (TPSA) is 48.8 Å². The molecule has 2 heterocycles. The Morgan fingerprint density at radius 1 is 0.571 bits per heavy atom. The lowest BCUT2D eigenvalue weighted by Crippen LogP contribution is -1.89. The number of hydrogen-bond donors (Lipinski definition) is 2. The van der Waals surface area contributed by atoms with Gasteiger partial charge in [-0.2, -0.15) is 10.2 Å². The molecule has 2 aliphatic rings. The molecule has 0 fully saturated rings. The van der Waals surface area contributed by atoms with Gasteiger partial charge < -0.3 is 0 Å². The van der Waals surface area contributed by atoms with Gasteiger partial charge in [-0.25, -0.2) is 0 Å². The Hall–Kier alpha value is -2.10. The van der Waals surface area contributed by atoms with E-state index in [1.165, 1.54) is 0 Å². The molecule has 2 aliphatic heterocycles. The first kappa shape index (κ1) is 9.98. The van der Waals surface area contributed by atoms with E-state index in [1.54, 1.807) is 24.8 Å². The van der Waals surface area contributed by atoms with E-state index in [2.05, 4.69) is 21.1 Å². The highest BCUT2D eigenvalue weighted by Crippen LogP contribution is 1.76. The predicted molar refractivity (Wildman–Crippen MR) is 59.8 cm³/mol. The summed E-state index contributed by atoms with van der Waals surface area (Å²) in [5, 5.41) is 7.44. The highest BCUT2D eigenvalue weighted by atomic mass is 15.3. The molecule has 2 rings (SSSR count). The molecule has 0 aliphatic carbocycles.